The number of aliphatic imine (C=N–C) groups is 1. The maximum atomic E-state index is 11.6. The van der Waals surface area contributed by atoms with Gasteiger partial charge in [-0.3, -0.25) is 9.79 Å². The molecule has 3 nitrogen and oxygen atoms in total. The van der Waals surface area contributed by atoms with Crippen molar-refractivity contribution in [1.29, 1.82) is 0 Å². The summed E-state index contributed by atoms with van der Waals surface area (Å²) in [6.07, 6.45) is 0.675. The summed E-state index contributed by atoms with van der Waals surface area (Å²) >= 11 is 3.43. The van der Waals surface area contributed by atoms with E-state index in [4.69, 9.17) is 0 Å². The molecule has 0 aromatic heterocycles. The summed E-state index contributed by atoms with van der Waals surface area (Å²) < 4.78 is 1.04. The zero-order valence-electron chi connectivity index (χ0n) is 9.90. The van der Waals surface area contributed by atoms with Crippen LogP contribution in [0.3, 0.4) is 0 Å². The number of amidine groups is 1. The molecule has 1 heterocycles. The number of halogens is 1. The van der Waals surface area contributed by atoms with E-state index in [2.05, 4.69) is 26.2 Å². The lowest BCUT2D eigenvalue weighted by Crippen LogP contribution is -2.31. The second kappa shape index (κ2) is 5.00. The van der Waals surface area contributed by atoms with Gasteiger partial charge in [0.15, 0.2) is 0 Å². The van der Waals surface area contributed by atoms with Crippen molar-refractivity contribution in [2.24, 2.45) is 10.9 Å². The number of nitrogens with one attached hydrogen (secondary N) is 1. The van der Waals surface area contributed by atoms with Gasteiger partial charge in [-0.2, -0.15) is 0 Å². The summed E-state index contributed by atoms with van der Waals surface area (Å²) in [6.45, 7) is 4.02. The molecule has 0 spiro atoms. The van der Waals surface area contributed by atoms with Gasteiger partial charge in [0, 0.05) is 10.9 Å². The fraction of sp³-hybridized carbons (Fsp3) is 0.385. The fourth-order valence-corrected chi connectivity index (χ4v) is 2.30. The second-order valence-corrected chi connectivity index (χ2v) is 5.48. The van der Waals surface area contributed by atoms with Crippen LogP contribution in [0.2, 0.25) is 0 Å². The van der Waals surface area contributed by atoms with E-state index in [9.17, 15) is 4.79 Å². The summed E-state index contributed by atoms with van der Waals surface area (Å²) in [7, 11) is 0. The first-order valence-electron chi connectivity index (χ1n) is 5.68. The Hall–Kier alpha value is -1.16. The minimum atomic E-state index is -0.225. The van der Waals surface area contributed by atoms with Crippen molar-refractivity contribution in [3.05, 3.63) is 34.3 Å². The third-order valence-electron chi connectivity index (χ3n) is 2.72. The second-order valence-electron chi connectivity index (χ2n) is 4.56. The van der Waals surface area contributed by atoms with E-state index >= 15 is 0 Å². The Bertz CT molecular complexity index is 468. The number of benzene rings is 1. The van der Waals surface area contributed by atoms with Gasteiger partial charge in [0.25, 0.3) is 0 Å². The van der Waals surface area contributed by atoms with Crippen LogP contribution in [0.5, 0.6) is 0 Å². The Balaban J connectivity index is 2.11. The highest BCUT2D eigenvalue weighted by molar-refractivity contribution is 9.10. The van der Waals surface area contributed by atoms with E-state index in [0.717, 1.165) is 15.9 Å². The van der Waals surface area contributed by atoms with E-state index < -0.39 is 0 Å². The topological polar surface area (TPSA) is 41.5 Å². The predicted molar refractivity (Wildman–Crippen MR) is 72.0 cm³/mol. The van der Waals surface area contributed by atoms with Crippen LogP contribution in [0.4, 0.5) is 0 Å². The van der Waals surface area contributed by atoms with Gasteiger partial charge in [-0.05, 0) is 23.6 Å². The normalized spacial score (nSPS) is 19.4. The number of rotatable bonds is 3. The van der Waals surface area contributed by atoms with E-state index in [0.29, 0.717) is 6.42 Å². The number of carbonyl (C=O) groups is 1. The van der Waals surface area contributed by atoms with Crippen LogP contribution < -0.4 is 5.32 Å². The Morgan fingerprint density at radius 1 is 1.47 bits per heavy atom. The molecule has 2 rings (SSSR count). The zero-order chi connectivity index (χ0) is 12.4. The first-order chi connectivity index (χ1) is 8.06. The van der Waals surface area contributed by atoms with E-state index in [-0.39, 0.29) is 17.9 Å². The van der Waals surface area contributed by atoms with Gasteiger partial charge < -0.3 is 5.32 Å². The number of hydrogen-bond donors (Lipinski definition) is 1. The fourth-order valence-electron chi connectivity index (χ4n) is 1.86. The Labute approximate surface area is 109 Å². The summed E-state index contributed by atoms with van der Waals surface area (Å²) in [5.74, 6) is 1.03. The third-order valence-corrected chi connectivity index (χ3v) is 3.22. The van der Waals surface area contributed by atoms with Crippen molar-refractivity contribution >= 4 is 27.7 Å². The molecule has 1 amide bonds. The van der Waals surface area contributed by atoms with Crippen LogP contribution in [0.1, 0.15) is 19.4 Å². The molecule has 0 fully saturated rings. The molecule has 0 radical (unpaired) electrons. The van der Waals surface area contributed by atoms with Crippen molar-refractivity contribution in [1.82, 2.24) is 5.32 Å². The SMILES string of the molecule is CC(C)C1N=C(Cc2cccc(Br)c2)NC1=O. The molecular weight excluding hydrogens is 280 g/mol. The summed E-state index contributed by atoms with van der Waals surface area (Å²) in [5, 5.41) is 2.85. The molecule has 1 aromatic carbocycles. The molecule has 1 unspecified atom stereocenters. The summed E-state index contributed by atoms with van der Waals surface area (Å²) in [6, 6.07) is 7.81. The average Bonchev–Trinajstić information content (AvgIpc) is 2.59. The van der Waals surface area contributed by atoms with Crippen LogP contribution in [-0.4, -0.2) is 17.8 Å². The van der Waals surface area contributed by atoms with Gasteiger partial charge in [-0.1, -0.05) is 41.9 Å². The van der Waals surface area contributed by atoms with Crippen molar-refractivity contribution in [3.8, 4) is 0 Å². The predicted octanol–water partition coefficient (Wildman–Crippen LogP) is 2.54. The maximum Gasteiger partial charge on any atom is 0.250 e. The molecule has 0 bridgehead atoms. The zero-order valence-corrected chi connectivity index (χ0v) is 11.5. The summed E-state index contributed by atoms with van der Waals surface area (Å²) in [4.78, 5) is 16.1. The Kier molecular flexibility index (Phi) is 3.62. The molecule has 1 atom stereocenters. The smallest absolute Gasteiger partial charge is 0.250 e. The van der Waals surface area contributed by atoms with Crippen LogP contribution in [0.15, 0.2) is 33.7 Å². The van der Waals surface area contributed by atoms with Crippen molar-refractivity contribution < 1.29 is 4.79 Å². The van der Waals surface area contributed by atoms with Crippen molar-refractivity contribution in [2.45, 2.75) is 26.3 Å². The largest absolute Gasteiger partial charge is 0.312 e. The van der Waals surface area contributed by atoms with Gasteiger partial charge >= 0.3 is 0 Å². The highest BCUT2D eigenvalue weighted by Crippen LogP contribution is 2.15. The molecule has 1 N–H and O–H groups in total. The van der Waals surface area contributed by atoms with Gasteiger partial charge in [0.05, 0.1) is 0 Å². The molecule has 90 valence electrons. The molecule has 0 saturated carbocycles. The van der Waals surface area contributed by atoms with Gasteiger partial charge in [-0.25, -0.2) is 0 Å². The molecular formula is C13H15BrN2O. The molecule has 0 aliphatic carbocycles. The monoisotopic (exact) mass is 294 g/mol. The molecule has 17 heavy (non-hydrogen) atoms. The van der Waals surface area contributed by atoms with Crippen LogP contribution >= 0.6 is 15.9 Å². The number of hydrogen-bond acceptors (Lipinski definition) is 2. The Morgan fingerprint density at radius 3 is 2.82 bits per heavy atom. The van der Waals surface area contributed by atoms with E-state index in [1.165, 1.54) is 0 Å². The third kappa shape index (κ3) is 2.94. The minimum Gasteiger partial charge on any atom is -0.312 e. The van der Waals surface area contributed by atoms with Crippen LogP contribution in [-0.2, 0) is 11.2 Å². The van der Waals surface area contributed by atoms with E-state index in [1.54, 1.807) is 0 Å². The van der Waals surface area contributed by atoms with Crippen molar-refractivity contribution in [2.75, 3.05) is 0 Å². The first kappa shape index (κ1) is 12.3. The minimum absolute atomic E-state index is 0.0185. The maximum absolute atomic E-state index is 11.6. The van der Waals surface area contributed by atoms with Crippen LogP contribution in [0, 0.1) is 5.92 Å². The molecule has 1 aromatic rings. The number of carbonyl (C=O) groups excluding carboxylic acids is 1. The van der Waals surface area contributed by atoms with Gasteiger partial charge in [-0.15, -0.1) is 0 Å². The molecule has 1 aliphatic rings. The lowest BCUT2D eigenvalue weighted by Gasteiger charge is -2.06. The van der Waals surface area contributed by atoms with Crippen molar-refractivity contribution in [3.63, 3.8) is 0 Å². The average molecular weight is 295 g/mol. The Morgan fingerprint density at radius 2 is 2.24 bits per heavy atom. The van der Waals surface area contributed by atoms with Gasteiger partial charge in [0.2, 0.25) is 5.91 Å². The van der Waals surface area contributed by atoms with E-state index in [1.807, 2.05) is 38.1 Å². The lowest BCUT2D eigenvalue weighted by atomic mass is 10.1. The quantitative estimate of drug-likeness (QED) is 0.914. The number of amides is 1. The van der Waals surface area contributed by atoms with Crippen LogP contribution in [0.25, 0.3) is 0 Å². The molecule has 4 heteroatoms. The number of nitrogens with zero attached hydrogens (tertiary/aromatic N) is 1. The standard InChI is InChI=1S/C13H15BrN2O/c1-8(2)12-13(17)16-11(15-12)7-9-4-3-5-10(14)6-9/h3-6,8,12H,7H2,1-2H3,(H,15,16,17). The molecule has 1 aliphatic heterocycles. The highest BCUT2D eigenvalue weighted by Gasteiger charge is 2.28. The lowest BCUT2D eigenvalue weighted by molar-refractivity contribution is -0.120. The summed E-state index contributed by atoms with van der Waals surface area (Å²) in [5.41, 5.74) is 1.14. The van der Waals surface area contributed by atoms with Gasteiger partial charge in [0.1, 0.15) is 11.9 Å². The first-order valence-corrected chi connectivity index (χ1v) is 6.47. The highest BCUT2D eigenvalue weighted by atomic mass is 79.9. The molecule has 0 saturated heterocycles.